The van der Waals surface area contributed by atoms with E-state index in [4.69, 9.17) is 0 Å². The van der Waals surface area contributed by atoms with Gasteiger partial charge < -0.3 is 18.9 Å². The van der Waals surface area contributed by atoms with Gasteiger partial charge in [0.1, 0.15) is 13.2 Å². The number of hydrogen-bond acceptors (Lipinski definition) is 6. The minimum Gasteiger partial charge on any atom is -0.435 e. The normalized spacial score (nSPS) is 20.4. The summed E-state index contributed by atoms with van der Waals surface area (Å²) in [6.45, 7) is 1.99. The average molecular weight is 190 g/mol. The Kier molecular flexibility index (Phi) is 3.36. The van der Waals surface area contributed by atoms with Gasteiger partial charge in [0.2, 0.25) is 0 Å². The quantitative estimate of drug-likeness (QED) is 0.610. The summed E-state index contributed by atoms with van der Waals surface area (Å²) in [4.78, 5) is 21.1. The maximum Gasteiger partial charge on any atom is 0.508 e. The molecule has 0 aromatic carbocycles. The Hall–Kier alpha value is -1.46. The molecule has 1 fully saturated rings. The van der Waals surface area contributed by atoms with Crippen molar-refractivity contribution >= 4 is 12.3 Å². The SMILES string of the molecule is CCOC(=O)OCC1COC(=O)O1. The van der Waals surface area contributed by atoms with Crippen molar-refractivity contribution in [2.75, 3.05) is 19.8 Å². The number of ether oxygens (including phenoxy) is 4. The molecule has 0 bridgehead atoms. The zero-order valence-electron chi connectivity index (χ0n) is 7.15. The molecule has 1 rings (SSSR count). The number of hydrogen-bond donors (Lipinski definition) is 0. The van der Waals surface area contributed by atoms with Gasteiger partial charge in [-0.05, 0) is 6.92 Å². The number of rotatable bonds is 3. The van der Waals surface area contributed by atoms with E-state index in [1.54, 1.807) is 6.92 Å². The molecule has 6 heteroatoms. The highest BCUT2D eigenvalue weighted by atomic mass is 16.8. The van der Waals surface area contributed by atoms with Crippen LogP contribution >= 0.6 is 0 Å². The second kappa shape index (κ2) is 4.54. The molecule has 0 radical (unpaired) electrons. The molecule has 1 atom stereocenters. The monoisotopic (exact) mass is 190 g/mol. The molecule has 1 unspecified atom stereocenters. The molecule has 0 aromatic rings. The van der Waals surface area contributed by atoms with E-state index < -0.39 is 18.4 Å². The maximum atomic E-state index is 10.7. The largest absolute Gasteiger partial charge is 0.508 e. The molecule has 0 saturated carbocycles. The van der Waals surface area contributed by atoms with Gasteiger partial charge in [0.15, 0.2) is 6.10 Å². The summed E-state index contributed by atoms with van der Waals surface area (Å²) < 4.78 is 18.1. The number of carbonyl (C=O) groups is 2. The predicted molar refractivity (Wildman–Crippen MR) is 39.2 cm³/mol. The van der Waals surface area contributed by atoms with Crippen LogP contribution in [0, 0.1) is 0 Å². The molecule has 1 aliphatic heterocycles. The Morgan fingerprint density at radius 3 is 2.92 bits per heavy atom. The molecule has 13 heavy (non-hydrogen) atoms. The van der Waals surface area contributed by atoms with Crippen molar-refractivity contribution in [3.8, 4) is 0 Å². The zero-order valence-corrected chi connectivity index (χ0v) is 7.15. The van der Waals surface area contributed by atoms with Gasteiger partial charge in [-0.15, -0.1) is 0 Å². The summed E-state index contributed by atoms with van der Waals surface area (Å²) in [7, 11) is 0. The second-order valence-electron chi connectivity index (χ2n) is 2.29. The van der Waals surface area contributed by atoms with Gasteiger partial charge in [-0.1, -0.05) is 0 Å². The average Bonchev–Trinajstić information content (AvgIpc) is 2.49. The molecule has 0 aromatic heterocycles. The molecule has 74 valence electrons. The van der Waals surface area contributed by atoms with Crippen molar-refractivity contribution in [3.05, 3.63) is 0 Å². The van der Waals surface area contributed by atoms with Gasteiger partial charge in [-0.25, -0.2) is 9.59 Å². The first-order chi connectivity index (χ1) is 6.22. The van der Waals surface area contributed by atoms with E-state index >= 15 is 0 Å². The first kappa shape index (κ1) is 9.63. The van der Waals surface area contributed by atoms with Crippen molar-refractivity contribution < 1.29 is 28.5 Å². The third-order valence-electron chi connectivity index (χ3n) is 1.30. The van der Waals surface area contributed by atoms with Crippen LogP contribution in [0.25, 0.3) is 0 Å². The Balaban J connectivity index is 2.12. The minimum atomic E-state index is -0.773. The minimum absolute atomic E-state index is 0.0371. The van der Waals surface area contributed by atoms with Crippen LogP contribution in [0.2, 0.25) is 0 Å². The lowest BCUT2D eigenvalue weighted by atomic mass is 10.4. The van der Waals surface area contributed by atoms with Crippen LogP contribution < -0.4 is 0 Å². The highest BCUT2D eigenvalue weighted by molar-refractivity contribution is 5.62. The summed E-state index contributed by atoms with van der Waals surface area (Å²) in [5.41, 5.74) is 0. The molecule has 1 heterocycles. The molecular formula is C7H10O6. The highest BCUT2D eigenvalue weighted by Crippen LogP contribution is 2.06. The van der Waals surface area contributed by atoms with E-state index in [1.807, 2.05) is 0 Å². The third kappa shape index (κ3) is 3.18. The van der Waals surface area contributed by atoms with Crippen molar-refractivity contribution in [2.24, 2.45) is 0 Å². The summed E-state index contributed by atoms with van der Waals surface area (Å²) >= 11 is 0. The van der Waals surface area contributed by atoms with Gasteiger partial charge >= 0.3 is 12.3 Å². The molecule has 0 spiro atoms. The fraction of sp³-hybridized carbons (Fsp3) is 0.714. The fourth-order valence-electron chi connectivity index (χ4n) is 0.768. The molecule has 0 N–H and O–H groups in total. The molecular weight excluding hydrogens is 180 g/mol. The van der Waals surface area contributed by atoms with Crippen molar-refractivity contribution in [2.45, 2.75) is 13.0 Å². The summed E-state index contributed by atoms with van der Waals surface area (Å²) in [5.74, 6) is 0. The van der Waals surface area contributed by atoms with Crippen LogP contribution in [0.15, 0.2) is 0 Å². The van der Waals surface area contributed by atoms with Crippen molar-refractivity contribution in [3.63, 3.8) is 0 Å². The summed E-state index contributed by atoms with van der Waals surface area (Å²) in [6, 6.07) is 0. The van der Waals surface area contributed by atoms with Crippen LogP contribution in [-0.4, -0.2) is 38.2 Å². The lowest BCUT2D eigenvalue weighted by molar-refractivity contribution is 0.0270. The topological polar surface area (TPSA) is 71.1 Å². The predicted octanol–water partition coefficient (Wildman–Crippen LogP) is 0.695. The summed E-state index contributed by atoms with van der Waals surface area (Å²) in [6.07, 6.45) is -2.03. The highest BCUT2D eigenvalue weighted by Gasteiger charge is 2.26. The zero-order chi connectivity index (χ0) is 9.68. The molecule has 1 saturated heterocycles. The van der Waals surface area contributed by atoms with Crippen LogP contribution in [0.5, 0.6) is 0 Å². The first-order valence-electron chi connectivity index (χ1n) is 3.85. The van der Waals surface area contributed by atoms with E-state index in [0.717, 1.165) is 0 Å². The van der Waals surface area contributed by atoms with Crippen molar-refractivity contribution in [1.29, 1.82) is 0 Å². The van der Waals surface area contributed by atoms with Gasteiger partial charge in [-0.3, -0.25) is 0 Å². The Labute approximate surface area is 74.7 Å². The Morgan fingerprint density at radius 1 is 1.62 bits per heavy atom. The standard InChI is InChI=1S/C7H10O6/c1-2-10-6(8)11-3-5-4-12-7(9)13-5/h5H,2-4H2,1H3. The van der Waals surface area contributed by atoms with E-state index in [9.17, 15) is 9.59 Å². The lowest BCUT2D eigenvalue weighted by Gasteiger charge is -2.06. The Morgan fingerprint density at radius 2 is 2.38 bits per heavy atom. The molecule has 1 aliphatic rings. The first-order valence-corrected chi connectivity index (χ1v) is 3.85. The van der Waals surface area contributed by atoms with Gasteiger partial charge in [-0.2, -0.15) is 0 Å². The van der Waals surface area contributed by atoms with E-state index in [0.29, 0.717) is 0 Å². The van der Waals surface area contributed by atoms with Gasteiger partial charge in [0, 0.05) is 0 Å². The van der Waals surface area contributed by atoms with Crippen LogP contribution in [0.4, 0.5) is 9.59 Å². The second-order valence-corrected chi connectivity index (χ2v) is 2.29. The number of carbonyl (C=O) groups excluding carboxylic acids is 2. The number of cyclic esters (lactones) is 2. The van der Waals surface area contributed by atoms with Crippen LogP contribution in [0.3, 0.4) is 0 Å². The molecule has 0 amide bonds. The smallest absolute Gasteiger partial charge is 0.435 e. The van der Waals surface area contributed by atoms with Crippen LogP contribution in [-0.2, 0) is 18.9 Å². The lowest BCUT2D eigenvalue weighted by Crippen LogP contribution is -2.21. The molecule has 6 nitrogen and oxygen atoms in total. The Bertz CT molecular complexity index is 201. The fourth-order valence-corrected chi connectivity index (χ4v) is 0.768. The van der Waals surface area contributed by atoms with Gasteiger partial charge in [0.05, 0.1) is 6.61 Å². The maximum absolute atomic E-state index is 10.7. The third-order valence-corrected chi connectivity index (χ3v) is 1.30. The molecule has 0 aliphatic carbocycles. The van der Waals surface area contributed by atoms with E-state index in [-0.39, 0.29) is 19.8 Å². The van der Waals surface area contributed by atoms with E-state index in [2.05, 4.69) is 18.9 Å². The van der Waals surface area contributed by atoms with E-state index in [1.165, 1.54) is 0 Å². The summed E-state index contributed by atoms with van der Waals surface area (Å²) in [5, 5.41) is 0. The van der Waals surface area contributed by atoms with Crippen molar-refractivity contribution in [1.82, 2.24) is 0 Å². The van der Waals surface area contributed by atoms with Gasteiger partial charge in [0.25, 0.3) is 0 Å². The van der Waals surface area contributed by atoms with Crippen LogP contribution in [0.1, 0.15) is 6.92 Å².